The second kappa shape index (κ2) is 3.43. The van der Waals surface area contributed by atoms with Crippen molar-refractivity contribution in [2.75, 3.05) is 7.05 Å². The molecule has 0 aliphatic carbocycles. The maximum Gasteiger partial charge on any atom is 0.312 e. The van der Waals surface area contributed by atoms with Gasteiger partial charge in [-0.15, -0.1) is 0 Å². The molecule has 0 unspecified atom stereocenters. The molecule has 30 valence electrons. The summed E-state index contributed by atoms with van der Waals surface area (Å²) in [6.07, 6.45) is 0. The van der Waals surface area contributed by atoms with Gasteiger partial charge in [0, 0.05) is 7.05 Å². The molecule has 0 atom stereocenters. The molecule has 5 heavy (non-hydrogen) atoms. The maximum atomic E-state index is 9.12. The molecule has 0 rings (SSSR count). The van der Waals surface area contributed by atoms with Crippen LogP contribution >= 0.6 is 0 Å². The molecule has 3 nitrogen and oxygen atoms in total. The van der Waals surface area contributed by atoms with Crippen LogP contribution < -0.4 is 5.48 Å². The van der Waals surface area contributed by atoms with Crippen molar-refractivity contribution < 1.29 is 9.63 Å². The molecular weight excluding hydrogens is 70.0 g/mol. The van der Waals surface area contributed by atoms with Gasteiger partial charge in [-0.05, 0) is 0 Å². The normalized spacial score (nSPS) is 6.60. The van der Waals surface area contributed by atoms with Crippen LogP contribution in [0.1, 0.15) is 0 Å². The number of hydrogen-bond donors (Lipinski definition) is 1. The van der Waals surface area contributed by atoms with E-state index in [1.54, 1.807) is 0 Å². The Kier molecular flexibility index (Phi) is 3.04. The third-order valence-corrected chi connectivity index (χ3v) is 0.166. The van der Waals surface area contributed by atoms with Crippen molar-refractivity contribution in [3.8, 4) is 0 Å². The summed E-state index contributed by atoms with van der Waals surface area (Å²) in [7, 11) is 1.51. The molecule has 0 amide bonds. The smallest absolute Gasteiger partial charge is 0.312 e. The van der Waals surface area contributed by atoms with Crippen molar-refractivity contribution in [3.63, 3.8) is 0 Å². The van der Waals surface area contributed by atoms with E-state index >= 15 is 0 Å². The fraction of sp³-hybridized carbons (Fsp3) is 0.500. The Bertz CT molecular complexity index is 28.8. The van der Waals surface area contributed by atoms with E-state index in [-0.39, 0.29) is 0 Å². The van der Waals surface area contributed by atoms with E-state index in [2.05, 4.69) is 10.3 Å². The number of hydroxylamine groups is 1. The van der Waals surface area contributed by atoms with Crippen LogP contribution in [0.2, 0.25) is 0 Å². The second-order valence-electron chi connectivity index (χ2n) is 0.418. The third-order valence-electron chi connectivity index (χ3n) is 0.166. The standard InChI is InChI=1S/C2H5NO2/c1-3-5-2-4/h2-3H,1H3. The summed E-state index contributed by atoms with van der Waals surface area (Å²) < 4.78 is 0. The minimum atomic E-state index is 0.319. The topological polar surface area (TPSA) is 38.3 Å². The van der Waals surface area contributed by atoms with Gasteiger partial charge in [0.2, 0.25) is 0 Å². The molecule has 0 radical (unpaired) electrons. The molecular formula is C2H5NO2. The van der Waals surface area contributed by atoms with Crippen molar-refractivity contribution in [3.05, 3.63) is 0 Å². The van der Waals surface area contributed by atoms with Crippen LogP contribution in [-0.2, 0) is 9.63 Å². The molecule has 3 heteroatoms. The Morgan fingerprint density at radius 3 is 2.60 bits per heavy atom. The Hall–Kier alpha value is -0.570. The summed E-state index contributed by atoms with van der Waals surface area (Å²) in [6.45, 7) is 0.319. The largest absolute Gasteiger partial charge is 0.374 e. The summed E-state index contributed by atoms with van der Waals surface area (Å²) in [5, 5.41) is 0. The molecule has 0 heterocycles. The summed E-state index contributed by atoms with van der Waals surface area (Å²) in [6, 6.07) is 0. The van der Waals surface area contributed by atoms with Gasteiger partial charge in [-0.25, -0.2) is 0 Å². The monoisotopic (exact) mass is 75.0 g/mol. The number of carbonyl (C=O) groups is 1. The highest BCUT2D eigenvalue weighted by Gasteiger charge is 1.57. The van der Waals surface area contributed by atoms with Crippen LogP contribution in [0.15, 0.2) is 0 Å². The maximum absolute atomic E-state index is 9.12. The van der Waals surface area contributed by atoms with Gasteiger partial charge in [-0.1, -0.05) is 0 Å². The average molecular weight is 75.1 g/mol. The lowest BCUT2D eigenvalue weighted by atomic mass is 11.5. The van der Waals surface area contributed by atoms with Gasteiger partial charge in [0.05, 0.1) is 0 Å². The molecule has 0 spiro atoms. The second-order valence-corrected chi connectivity index (χ2v) is 0.418. The van der Waals surface area contributed by atoms with E-state index in [9.17, 15) is 0 Å². The molecule has 0 fully saturated rings. The minimum Gasteiger partial charge on any atom is -0.374 e. The van der Waals surface area contributed by atoms with Crippen LogP contribution in [-0.4, -0.2) is 13.5 Å². The third kappa shape index (κ3) is 3.43. The quantitative estimate of drug-likeness (QED) is 0.348. The zero-order valence-corrected chi connectivity index (χ0v) is 2.89. The number of hydrogen-bond acceptors (Lipinski definition) is 3. The number of rotatable bonds is 2. The molecule has 0 saturated heterocycles. The predicted molar refractivity (Wildman–Crippen MR) is 16.2 cm³/mol. The lowest BCUT2D eigenvalue weighted by molar-refractivity contribution is -0.134. The van der Waals surface area contributed by atoms with E-state index in [0.29, 0.717) is 6.47 Å². The highest BCUT2D eigenvalue weighted by molar-refractivity contribution is 5.36. The molecule has 0 saturated carbocycles. The lowest BCUT2D eigenvalue weighted by Crippen LogP contribution is -2.03. The van der Waals surface area contributed by atoms with Crippen molar-refractivity contribution in [2.45, 2.75) is 0 Å². The van der Waals surface area contributed by atoms with Gasteiger partial charge >= 0.3 is 6.47 Å². The van der Waals surface area contributed by atoms with E-state index in [0.717, 1.165) is 0 Å². The van der Waals surface area contributed by atoms with E-state index in [4.69, 9.17) is 4.79 Å². The Balaban J connectivity index is 2.40. The molecule has 1 N–H and O–H groups in total. The van der Waals surface area contributed by atoms with Gasteiger partial charge in [-0.3, -0.25) is 4.79 Å². The molecule has 0 bridgehead atoms. The van der Waals surface area contributed by atoms with Crippen molar-refractivity contribution >= 4 is 6.47 Å². The minimum absolute atomic E-state index is 0.319. The lowest BCUT2D eigenvalue weighted by Gasteiger charge is -1.82. The van der Waals surface area contributed by atoms with Gasteiger partial charge in [0.25, 0.3) is 0 Å². The SMILES string of the molecule is CNOC=O. The highest BCUT2D eigenvalue weighted by atomic mass is 16.7. The fourth-order valence-corrected chi connectivity index (χ4v) is 0.0481. The van der Waals surface area contributed by atoms with Crippen molar-refractivity contribution in [1.82, 2.24) is 5.48 Å². The molecule has 0 aromatic rings. The first kappa shape index (κ1) is 4.43. The molecule has 0 aromatic heterocycles. The van der Waals surface area contributed by atoms with Crippen molar-refractivity contribution in [1.29, 1.82) is 0 Å². The zero-order valence-electron chi connectivity index (χ0n) is 2.89. The summed E-state index contributed by atoms with van der Waals surface area (Å²) in [5.41, 5.74) is 2.15. The zero-order chi connectivity index (χ0) is 4.12. The number of carbonyl (C=O) groups excluding carboxylic acids is 1. The average Bonchev–Trinajstić information content (AvgIpc) is 1.41. The van der Waals surface area contributed by atoms with E-state index < -0.39 is 0 Å². The Morgan fingerprint density at radius 1 is 2.00 bits per heavy atom. The van der Waals surface area contributed by atoms with Gasteiger partial charge in [-0.2, -0.15) is 5.48 Å². The van der Waals surface area contributed by atoms with E-state index in [1.807, 2.05) is 0 Å². The van der Waals surface area contributed by atoms with Gasteiger partial charge in [0.15, 0.2) is 0 Å². The van der Waals surface area contributed by atoms with Gasteiger partial charge in [0.1, 0.15) is 0 Å². The van der Waals surface area contributed by atoms with Crippen LogP contribution in [0, 0.1) is 0 Å². The molecule has 0 aliphatic heterocycles. The first-order valence-corrected chi connectivity index (χ1v) is 1.18. The van der Waals surface area contributed by atoms with Crippen molar-refractivity contribution in [2.24, 2.45) is 0 Å². The first-order valence-electron chi connectivity index (χ1n) is 1.18. The van der Waals surface area contributed by atoms with Crippen LogP contribution in [0.3, 0.4) is 0 Å². The van der Waals surface area contributed by atoms with Crippen LogP contribution in [0.5, 0.6) is 0 Å². The van der Waals surface area contributed by atoms with Gasteiger partial charge < -0.3 is 4.84 Å². The molecule has 0 aliphatic rings. The highest BCUT2D eigenvalue weighted by Crippen LogP contribution is 1.38. The Labute approximate surface area is 29.9 Å². The Morgan fingerprint density at radius 2 is 2.60 bits per heavy atom. The summed E-state index contributed by atoms with van der Waals surface area (Å²) in [4.78, 5) is 13.0. The fourth-order valence-electron chi connectivity index (χ4n) is 0.0481. The predicted octanol–water partition coefficient (Wildman–Crippen LogP) is -0.706. The van der Waals surface area contributed by atoms with Crippen LogP contribution in [0.4, 0.5) is 0 Å². The number of nitrogens with one attached hydrogen (secondary N) is 1. The van der Waals surface area contributed by atoms with E-state index in [1.165, 1.54) is 7.05 Å². The summed E-state index contributed by atoms with van der Waals surface area (Å²) >= 11 is 0. The first-order chi connectivity index (χ1) is 2.41. The molecule has 0 aromatic carbocycles. The van der Waals surface area contributed by atoms with Crippen LogP contribution in [0.25, 0.3) is 0 Å². The summed E-state index contributed by atoms with van der Waals surface area (Å²) in [5.74, 6) is 0.